The van der Waals surface area contributed by atoms with Crippen LogP contribution in [0.25, 0.3) is 38.2 Å². The summed E-state index contributed by atoms with van der Waals surface area (Å²) in [5.41, 5.74) is 5.81. The molecule has 0 N–H and O–H groups in total. The van der Waals surface area contributed by atoms with Crippen molar-refractivity contribution in [2.24, 2.45) is 4.99 Å². The van der Waals surface area contributed by atoms with E-state index in [9.17, 15) is 9.59 Å². The number of amides is 1. The molecule has 1 amide bonds. The lowest BCUT2D eigenvalue weighted by Crippen LogP contribution is -2.37. The molecule has 0 radical (unpaired) electrons. The van der Waals surface area contributed by atoms with Crippen LogP contribution in [0.2, 0.25) is 0 Å². The lowest BCUT2D eigenvalue weighted by Gasteiger charge is -2.27. The van der Waals surface area contributed by atoms with E-state index in [1.807, 2.05) is 50.2 Å². The van der Waals surface area contributed by atoms with E-state index in [1.165, 1.54) is 0 Å². The quantitative estimate of drug-likeness (QED) is 0.402. The molecule has 0 fully saturated rings. The van der Waals surface area contributed by atoms with Crippen molar-refractivity contribution < 1.29 is 4.79 Å². The van der Waals surface area contributed by atoms with Gasteiger partial charge in [0, 0.05) is 46.8 Å². The van der Waals surface area contributed by atoms with Crippen molar-refractivity contribution in [2.75, 3.05) is 14.1 Å². The van der Waals surface area contributed by atoms with Crippen molar-refractivity contribution in [1.82, 2.24) is 14.3 Å². The van der Waals surface area contributed by atoms with Crippen LogP contribution in [0.1, 0.15) is 27.0 Å². The number of carbonyl (C=O) groups excluding carboxylic acids is 1. The number of carbonyl (C=O) groups is 1. The Balaban J connectivity index is 1.92. The minimum Gasteiger partial charge on any atom is -0.296 e. The maximum Gasteiger partial charge on any atom is 0.264 e. The Hall–Kier alpha value is -3.80. The molecule has 6 heteroatoms. The van der Waals surface area contributed by atoms with Gasteiger partial charge in [-0.2, -0.15) is 0 Å². The van der Waals surface area contributed by atoms with Gasteiger partial charge in [-0.3, -0.25) is 23.9 Å². The number of pyridine rings is 1. The van der Waals surface area contributed by atoms with Crippen molar-refractivity contribution in [3.63, 3.8) is 0 Å². The van der Waals surface area contributed by atoms with E-state index in [-0.39, 0.29) is 11.5 Å². The second kappa shape index (κ2) is 5.42. The van der Waals surface area contributed by atoms with Crippen LogP contribution in [0.3, 0.4) is 0 Å². The zero-order valence-corrected chi connectivity index (χ0v) is 17.1. The van der Waals surface area contributed by atoms with E-state index >= 15 is 0 Å². The van der Waals surface area contributed by atoms with E-state index < -0.39 is 0 Å². The minimum atomic E-state index is -0.121. The highest BCUT2D eigenvalue weighted by Crippen LogP contribution is 2.37. The van der Waals surface area contributed by atoms with Crippen LogP contribution in [0.15, 0.2) is 46.2 Å². The average molecular weight is 394 g/mol. The highest BCUT2D eigenvalue weighted by Gasteiger charge is 2.30. The second-order valence-corrected chi connectivity index (χ2v) is 7.98. The van der Waals surface area contributed by atoms with Crippen molar-refractivity contribution in [3.8, 4) is 0 Å². The van der Waals surface area contributed by atoms with Gasteiger partial charge in [0.1, 0.15) is 11.5 Å². The Labute approximate surface area is 171 Å². The van der Waals surface area contributed by atoms with E-state index in [0.717, 1.165) is 43.9 Å². The number of aromatic nitrogens is 2. The maximum absolute atomic E-state index is 13.6. The van der Waals surface area contributed by atoms with E-state index in [0.29, 0.717) is 22.4 Å². The fourth-order valence-corrected chi connectivity index (χ4v) is 4.79. The fourth-order valence-electron chi connectivity index (χ4n) is 4.79. The van der Waals surface area contributed by atoms with Gasteiger partial charge in [-0.15, -0.1) is 0 Å². The van der Waals surface area contributed by atoms with Crippen LogP contribution in [0, 0.1) is 13.8 Å². The molecule has 0 saturated heterocycles. The molecule has 6 nitrogen and oxygen atoms in total. The average Bonchev–Trinajstić information content (AvgIpc) is 3.10. The monoisotopic (exact) mass is 394 g/mol. The molecule has 0 atom stereocenters. The number of aryl methyl sites for hydroxylation is 2. The number of hydrogen-bond acceptors (Lipinski definition) is 4. The SMILES string of the molecule is CN=C1c2ccc3c(=O)n4c5cc(C)c(C)cc5nc4c4ccc(c2c34)C(=O)N1C. The number of nitrogens with zero attached hydrogens (tertiary/aromatic N) is 4. The second-order valence-electron chi connectivity index (χ2n) is 7.98. The molecule has 0 aliphatic carbocycles. The molecule has 2 aromatic heterocycles. The summed E-state index contributed by atoms with van der Waals surface area (Å²) in [5.74, 6) is 0.485. The number of rotatable bonds is 0. The summed E-state index contributed by atoms with van der Waals surface area (Å²) in [6.07, 6.45) is 0. The number of benzene rings is 3. The summed E-state index contributed by atoms with van der Waals surface area (Å²) in [5, 5.41) is 3.02. The van der Waals surface area contributed by atoms with E-state index in [4.69, 9.17) is 4.98 Å². The molecule has 1 aliphatic rings. The summed E-state index contributed by atoms with van der Waals surface area (Å²) >= 11 is 0. The van der Waals surface area contributed by atoms with E-state index in [1.54, 1.807) is 23.4 Å². The first-order valence-corrected chi connectivity index (χ1v) is 9.82. The molecular formula is C24H18N4O2. The molecule has 3 heterocycles. The molecule has 0 spiro atoms. The van der Waals surface area contributed by atoms with Gasteiger partial charge in [0.2, 0.25) is 0 Å². The molecule has 0 bridgehead atoms. The molecule has 3 aromatic carbocycles. The maximum atomic E-state index is 13.6. The number of hydrogen-bond donors (Lipinski definition) is 0. The predicted octanol–water partition coefficient (Wildman–Crippen LogP) is 3.67. The summed E-state index contributed by atoms with van der Waals surface area (Å²) in [4.78, 5) is 37.3. The Morgan fingerprint density at radius 2 is 1.60 bits per heavy atom. The van der Waals surface area contributed by atoms with Gasteiger partial charge in [0.25, 0.3) is 11.5 Å². The summed E-state index contributed by atoms with van der Waals surface area (Å²) < 4.78 is 1.70. The van der Waals surface area contributed by atoms with Crippen molar-refractivity contribution in [3.05, 3.63) is 69.0 Å². The summed E-state index contributed by atoms with van der Waals surface area (Å²) in [7, 11) is 3.40. The Morgan fingerprint density at radius 3 is 2.37 bits per heavy atom. The highest BCUT2D eigenvalue weighted by molar-refractivity contribution is 6.32. The third-order valence-corrected chi connectivity index (χ3v) is 6.41. The van der Waals surface area contributed by atoms with Crippen LogP contribution in [0.5, 0.6) is 0 Å². The Bertz CT molecular complexity index is 1680. The fraction of sp³-hybridized carbons (Fsp3) is 0.167. The largest absolute Gasteiger partial charge is 0.296 e. The van der Waals surface area contributed by atoms with Crippen LogP contribution < -0.4 is 5.56 Å². The van der Waals surface area contributed by atoms with Crippen molar-refractivity contribution in [1.29, 1.82) is 0 Å². The van der Waals surface area contributed by atoms with Crippen LogP contribution >= 0.6 is 0 Å². The van der Waals surface area contributed by atoms with Gasteiger partial charge >= 0.3 is 0 Å². The molecule has 6 rings (SSSR count). The summed E-state index contributed by atoms with van der Waals surface area (Å²) in [6.45, 7) is 4.08. The van der Waals surface area contributed by atoms with Crippen LogP contribution in [0.4, 0.5) is 0 Å². The summed E-state index contributed by atoms with van der Waals surface area (Å²) in [6, 6.07) is 11.5. The van der Waals surface area contributed by atoms with Crippen LogP contribution in [-0.2, 0) is 0 Å². The first kappa shape index (κ1) is 17.1. The van der Waals surface area contributed by atoms with E-state index in [2.05, 4.69) is 4.99 Å². The van der Waals surface area contributed by atoms with Crippen molar-refractivity contribution in [2.45, 2.75) is 13.8 Å². The van der Waals surface area contributed by atoms with Crippen LogP contribution in [-0.4, -0.2) is 40.1 Å². The zero-order valence-electron chi connectivity index (χ0n) is 17.1. The van der Waals surface area contributed by atoms with Crippen molar-refractivity contribution >= 4 is 50.0 Å². The molecular weight excluding hydrogens is 376 g/mol. The minimum absolute atomic E-state index is 0.117. The van der Waals surface area contributed by atoms with Gasteiger partial charge in [0.05, 0.1) is 11.0 Å². The predicted molar refractivity (Wildman–Crippen MR) is 119 cm³/mol. The van der Waals surface area contributed by atoms with Gasteiger partial charge in [-0.1, -0.05) is 0 Å². The number of imidazole rings is 1. The Morgan fingerprint density at radius 1 is 0.900 bits per heavy atom. The van der Waals surface area contributed by atoms with Gasteiger partial charge in [0.15, 0.2) is 0 Å². The lowest BCUT2D eigenvalue weighted by atomic mass is 9.90. The molecule has 146 valence electrons. The topological polar surface area (TPSA) is 67.0 Å². The molecule has 5 aromatic rings. The zero-order chi connectivity index (χ0) is 20.9. The lowest BCUT2D eigenvalue weighted by molar-refractivity contribution is 0.0870. The smallest absolute Gasteiger partial charge is 0.264 e. The normalized spacial score (nSPS) is 15.5. The number of amidine groups is 1. The van der Waals surface area contributed by atoms with Gasteiger partial charge < -0.3 is 0 Å². The Kier molecular flexibility index (Phi) is 3.09. The first-order valence-electron chi connectivity index (χ1n) is 9.82. The third kappa shape index (κ3) is 1.84. The number of fused-ring (bicyclic) bond motifs is 4. The highest BCUT2D eigenvalue weighted by atomic mass is 16.2. The molecule has 0 unspecified atom stereocenters. The first-order chi connectivity index (χ1) is 14.4. The third-order valence-electron chi connectivity index (χ3n) is 6.41. The standard InChI is InChI=1S/C24H18N4O2/c1-11-9-17-18(10-12(11)2)28-22(26-17)14-6-7-15-19-13(21(25-3)27(4)23(15)29)5-8-16(20(14)19)24(28)30/h5-10H,1-4H3. The van der Waals surface area contributed by atoms with Gasteiger partial charge in [-0.25, -0.2) is 4.98 Å². The van der Waals surface area contributed by atoms with Gasteiger partial charge in [-0.05, 0) is 61.4 Å². The molecule has 1 aliphatic heterocycles. The molecule has 30 heavy (non-hydrogen) atoms. The molecule has 0 saturated carbocycles. The number of aliphatic imine (C=N–C) groups is 1.